The van der Waals surface area contributed by atoms with Crippen LogP contribution in [0.3, 0.4) is 0 Å². The fourth-order valence-corrected chi connectivity index (χ4v) is 2.96. The van der Waals surface area contributed by atoms with E-state index >= 15 is 0 Å². The van der Waals surface area contributed by atoms with Gasteiger partial charge in [0.05, 0.1) is 5.69 Å². The second-order valence-electron chi connectivity index (χ2n) is 5.45. The lowest BCUT2D eigenvalue weighted by atomic mass is 10.0. The maximum atomic E-state index is 5.98. The largest absolute Gasteiger partial charge is 0.335 e. The summed E-state index contributed by atoms with van der Waals surface area (Å²) in [5, 5.41) is 3.58. The zero-order valence-corrected chi connectivity index (χ0v) is 10.4. The minimum Gasteiger partial charge on any atom is -0.335 e. The highest BCUT2D eigenvalue weighted by Gasteiger charge is 2.20. The van der Waals surface area contributed by atoms with Crippen molar-refractivity contribution >= 4 is 0 Å². The lowest BCUT2D eigenvalue weighted by Crippen LogP contribution is -2.35. The van der Waals surface area contributed by atoms with Gasteiger partial charge in [-0.2, -0.15) is 0 Å². The number of fused-ring (bicyclic) bond motifs is 1. The number of aryl methyl sites for hydroxylation is 1. The summed E-state index contributed by atoms with van der Waals surface area (Å²) < 4.78 is 2.29. The smallest absolute Gasteiger partial charge is 0.110 e. The van der Waals surface area contributed by atoms with E-state index in [1.54, 1.807) is 0 Å². The zero-order chi connectivity index (χ0) is 11.7. The summed E-state index contributed by atoms with van der Waals surface area (Å²) in [7, 11) is 0. The molecule has 94 valence electrons. The molecule has 0 spiro atoms. The Balaban J connectivity index is 1.67. The van der Waals surface area contributed by atoms with E-state index in [1.807, 2.05) is 0 Å². The van der Waals surface area contributed by atoms with Gasteiger partial charge in [0.1, 0.15) is 5.82 Å². The first-order valence-electron chi connectivity index (χ1n) is 6.85. The Morgan fingerprint density at radius 1 is 1.41 bits per heavy atom. The van der Waals surface area contributed by atoms with Crippen LogP contribution in [-0.4, -0.2) is 28.2 Å². The van der Waals surface area contributed by atoms with E-state index in [1.165, 1.54) is 37.3 Å². The first kappa shape index (κ1) is 11.2. The number of imidazole rings is 1. The maximum Gasteiger partial charge on any atom is 0.110 e. The van der Waals surface area contributed by atoms with Crippen LogP contribution in [-0.2, 0) is 19.4 Å². The first-order valence-corrected chi connectivity index (χ1v) is 6.85. The average Bonchev–Trinajstić information content (AvgIpc) is 2.71. The van der Waals surface area contributed by atoms with Crippen LogP contribution >= 0.6 is 0 Å². The summed E-state index contributed by atoms with van der Waals surface area (Å²) in [6, 6.07) is 0.944. The van der Waals surface area contributed by atoms with E-state index < -0.39 is 0 Å². The number of rotatable bonds is 2. The SMILES string of the molecule is NC1CCn2cc(CC3CCCCN3)nc2C1. The van der Waals surface area contributed by atoms with Crippen molar-refractivity contribution < 1.29 is 0 Å². The zero-order valence-electron chi connectivity index (χ0n) is 10.4. The third-order valence-corrected chi connectivity index (χ3v) is 3.96. The van der Waals surface area contributed by atoms with Crippen LogP contribution in [0.25, 0.3) is 0 Å². The molecule has 0 aromatic carbocycles. The molecule has 0 saturated carbocycles. The molecule has 0 radical (unpaired) electrons. The molecule has 2 unspecified atom stereocenters. The maximum absolute atomic E-state index is 5.98. The second-order valence-corrected chi connectivity index (χ2v) is 5.45. The lowest BCUT2D eigenvalue weighted by molar-refractivity contribution is 0.397. The van der Waals surface area contributed by atoms with Crippen molar-refractivity contribution in [2.45, 2.75) is 57.2 Å². The highest BCUT2D eigenvalue weighted by Crippen LogP contribution is 2.17. The molecule has 0 amide bonds. The molecule has 3 N–H and O–H groups in total. The molecule has 2 aliphatic heterocycles. The van der Waals surface area contributed by atoms with Gasteiger partial charge >= 0.3 is 0 Å². The summed E-state index contributed by atoms with van der Waals surface area (Å²) >= 11 is 0. The van der Waals surface area contributed by atoms with Gasteiger partial charge in [-0.1, -0.05) is 6.42 Å². The fraction of sp³-hybridized carbons (Fsp3) is 0.769. The minimum absolute atomic E-state index is 0.311. The van der Waals surface area contributed by atoms with Gasteiger partial charge in [0.2, 0.25) is 0 Å². The summed E-state index contributed by atoms with van der Waals surface area (Å²) in [5.74, 6) is 1.19. The molecular weight excluding hydrogens is 212 g/mol. The number of piperidine rings is 1. The van der Waals surface area contributed by atoms with Crippen LogP contribution in [0.2, 0.25) is 0 Å². The van der Waals surface area contributed by atoms with Gasteiger partial charge in [-0.05, 0) is 25.8 Å². The van der Waals surface area contributed by atoms with Crippen molar-refractivity contribution in [3.8, 4) is 0 Å². The average molecular weight is 234 g/mol. The molecule has 3 rings (SSSR count). The molecule has 1 saturated heterocycles. The van der Waals surface area contributed by atoms with Crippen molar-refractivity contribution in [2.24, 2.45) is 5.73 Å². The third-order valence-electron chi connectivity index (χ3n) is 3.96. The molecule has 1 aromatic rings. The summed E-state index contributed by atoms with van der Waals surface area (Å²) in [6.07, 6.45) is 9.32. The number of hydrogen-bond donors (Lipinski definition) is 2. The van der Waals surface area contributed by atoms with Crippen molar-refractivity contribution in [3.63, 3.8) is 0 Å². The molecular formula is C13H22N4. The Morgan fingerprint density at radius 2 is 2.35 bits per heavy atom. The first-order chi connectivity index (χ1) is 8.31. The third kappa shape index (κ3) is 2.53. The Labute approximate surface area is 103 Å². The van der Waals surface area contributed by atoms with Gasteiger partial charge in [-0.15, -0.1) is 0 Å². The normalized spacial score (nSPS) is 29.0. The number of nitrogens with two attached hydrogens (primary N) is 1. The van der Waals surface area contributed by atoms with Crippen LogP contribution in [0.4, 0.5) is 0 Å². The van der Waals surface area contributed by atoms with E-state index in [-0.39, 0.29) is 0 Å². The fourth-order valence-electron chi connectivity index (χ4n) is 2.96. The lowest BCUT2D eigenvalue weighted by Gasteiger charge is -2.22. The van der Waals surface area contributed by atoms with Crippen molar-refractivity contribution in [1.82, 2.24) is 14.9 Å². The Kier molecular flexibility index (Phi) is 3.16. The Morgan fingerprint density at radius 3 is 3.18 bits per heavy atom. The predicted octanol–water partition coefficient (Wildman–Crippen LogP) is 0.841. The van der Waals surface area contributed by atoms with Crippen LogP contribution in [0.1, 0.15) is 37.2 Å². The van der Waals surface area contributed by atoms with Gasteiger partial charge in [-0.3, -0.25) is 0 Å². The number of nitrogens with one attached hydrogen (secondary N) is 1. The molecule has 1 fully saturated rings. The summed E-state index contributed by atoms with van der Waals surface area (Å²) in [5.41, 5.74) is 7.22. The molecule has 2 atom stereocenters. The van der Waals surface area contributed by atoms with Crippen molar-refractivity contribution in [3.05, 3.63) is 17.7 Å². The van der Waals surface area contributed by atoms with Gasteiger partial charge in [0.25, 0.3) is 0 Å². The molecule has 4 heteroatoms. The summed E-state index contributed by atoms with van der Waals surface area (Å²) in [6.45, 7) is 2.21. The van der Waals surface area contributed by atoms with Gasteiger partial charge in [0, 0.05) is 37.7 Å². The number of aromatic nitrogens is 2. The molecule has 4 nitrogen and oxygen atoms in total. The molecule has 0 aliphatic carbocycles. The van der Waals surface area contributed by atoms with Crippen LogP contribution in [0.15, 0.2) is 6.20 Å². The molecule has 1 aromatic heterocycles. The highest BCUT2D eigenvalue weighted by molar-refractivity contribution is 5.09. The monoisotopic (exact) mass is 234 g/mol. The number of hydrogen-bond acceptors (Lipinski definition) is 3. The van der Waals surface area contributed by atoms with E-state index in [4.69, 9.17) is 10.7 Å². The van der Waals surface area contributed by atoms with Crippen LogP contribution < -0.4 is 11.1 Å². The Bertz CT molecular complexity index is 379. The number of nitrogens with zero attached hydrogens (tertiary/aromatic N) is 2. The highest BCUT2D eigenvalue weighted by atomic mass is 15.1. The van der Waals surface area contributed by atoms with Gasteiger partial charge < -0.3 is 15.6 Å². The molecule has 2 aliphatic rings. The molecule has 3 heterocycles. The van der Waals surface area contributed by atoms with E-state index in [0.29, 0.717) is 12.1 Å². The van der Waals surface area contributed by atoms with Crippen LogP contribution in [0.5, 0.6) is 0 Å². The predicted molar refractivity (Wildman–Crippen MR) is 67.9 cm³/mol. The summed E-state index contributed by atoms with van der Waals surface area (Å²) in [4.78, 5) is 4.74. The van der Waals surface area contributed by atoms with Gasteiger partial charge in [0.15, 0.2) is 0 Å². The quantitative estimate of drug-likeness (QED) is 0.797. The van der Waals surface area contributed by atoms with Crippen LogP contribution in [0, 0.1) is 0 Å². The standard InChI is InChI=1S/C13H22N4/c14-10-4-6-17-9-12(16-13(17)7-10)8-11-3-1-2-5-15-11/h9-11,15H,1-8,14H2. The second kappa shape index (κ2) is 4.78. The Hall–Kier alpha value is -0.870. The molecule has 17 heavy (non-hydrogen) atoms. The van der Waals surface area contributed by atoms with Crippen molar-refractivity contribution in [1.29, 1.82) is 0 Å². The van der Waals surface area contributed by atoms with E-state index in [9.17, 15) is 0 Å². The van der Waals surface area contributed by atoms with E-state index in [2.05, 4.69) is 16.1 Å². The molecule has 0 bridgehead atoms. The minimum atomic E-state index is 0.311. The van der Waals surface area contributed by atoms with Gasteiger partial charge in [-0.25, -0.2) is 4.98 Å². The van der Waals surface area contributed by atoms with Crippen molar-refractivity contribution in [2.75, 3.05) is 6.54 Å². The van der Waals surface area contributed by atoms with E-state index in [0.717, 1.165) is 25.8 Å². The topological polar surface area (TPSA) is 55.9 Å².